The van der Waals surface area contributed by atoms with Gasteiger partial charge in [-0.1, -0.05) is 0 Å². The van der Waals surface area contributed by atoms with Crippen LogP contribution in [0.15, 0.2) is 22.9 Å². The molecule has 0 aliphatic carbocycles. The van der Waals surface area contributed by atoms with Crippen LogP contribution in [-0.2, 0) is 17.8 Å². The first-order chi connectivity index (χ1) is 9.04. The van der Waals surface area contributed by atoms with E-state index in [0.29, 0.717) is 13.0 Å². The van der Waals surface area contributed by atoms with Gasteiger partial charge in [-0.3, -0.25) is 9.48 Å². The summed E-state index contributed by atoms with van der Waals surface area (Å²) in [6.07, 6.45) is 0.449. The number of nitrogens with one attached hydrogen (secondary N) is 1. The van der Waals surface area contributed by atoms with Gasteiger partial charge in [-0.2, -0.15) is 16.4 Å². The van der Waals surface area contributed by atoms with Crippen LogP contribution >= 0.6 is 11.3 Å². The molecular formula is C14H19N3OS. The molecule has 0 saturated carbocycles. The number of thiophene rings is 1. The minimum absolute atomic E-state index is 0.0624. The van der Waals surface area contributed by atoms with E-state index in [0.717, 1.165) is 17.0 Å². The molecule has 0 unspecified atom stereocenters. The number of rotatable bonds is 5. The van der Waals surface area contributed by atoms with E-state index in [9.17, 15) is 4.79 Å². The standard InChI is InChI=1S/C14H19N3OS/c1-10-6-12(3)17(16-10)8-11(2)15-14(18)7-13-4-5-19-9-13/h4-6,9,11H,7-8H2,1-3H3,(H,15,18)/t11-/m1/s1. The zero-order valence-corrected chi connectivity index (χ0v) is 12.3. The summed E-state index contributed by atoms with van der Waals surface area (Å²) in [7, 11) is 0. The fraction of sp³-hybridized carbons (Fsp3) is 0.429. The van der Waals surface area contributed by atoms with E-state index in [1.807, 2.05) is 48.3 Å². The van der Waals surface area contributed by atoms with Crippen LogP contribution < -0.4 is 5.32 Å². The van der Waals surface area contributed by atoms with Crippen LogP contribution in [0.5, 0.6) is 0 Å². The van der Waals surface area contributed by atoms with E-state index in [1.54, 1.807) is 11.3 Å². The summed E-state index contributed by atoms with van der Waals surface area (Å²) in [4.78, 5) is 11.9. The maximum atomic E-state index is 11.9. The van der Waals surface area contributed by atoms with Crippen LogP contribution in [0.25, 0.3) is 0 Å². The van der Waals surface area contributed by atoms with Crippen LogP contribution in [0.2, 0.25) is 0 Å². The number of amides is 1. The molecule has 0 aliphatic heterocycles. The number of aryl methyl sites for hydroxylation is 2. The molecule has 0 bridgehead atoms. The first-order valence-corrected chi connectivity index (χ1v) is 7.30. The third-order valence-corrected chi connectivity index (χ3v) is 3.63. The highest BCUT2D eigenvalue weighted by atomic mass is 32.1. The summed E-state index contributed by atoms with van der Waals surface area (Å²) in [5, 5.41) is 11.4. The Kier molecular flexibility index (Phi) is 4.37. The lowest BCUT2D eigenvalue weighted by molar-refractivity contribution is -0.121. The zero-order valence-electron chi connectivity index (χ0n) is 11.5. The molecule has 0 fully saturated rings. The Morgan fingerprint density at radius 1 is 1.53 bits per heavy atom. The van der Waals surface area contributed by atoms with Gasteiger partial charge in [0.1, 0.15) is 0 Å². The van der Waals surface area contributed by atoms with Gasteiger partial charge in [-0.15, -0.1) is 0 Å². The Morgan fingerprint density at radius 2 is 2.32 bits per heavy atom. The second-order valence-corrected chi connectivity index (χ2v) is 5.67. The lowest BCUT2D eigenvalue weighted by Crippen LogP contribution is -2.37. The summed E-state index contributed by atoms with van der Waals surface area (Å²) >= 11 is 1.61. The summed E-state index contributed by atoms with van der Waals surface area (Å²) in [5.74, 6) is 0.0624. The largest absolute Gasteiger partial charge is 0.351 e. The number of hydrogen-bond donors (Lipinski definition) is 1. The normalized spacial score (nSPS) is 12.4. The molecule has 1 atom stereocenters. The van der Waals surface area contributed by atoms with Crippen LogP contribution in [0.1, 0.15) is 23.9 Å². The average molecular weight is 277 g/mol. The average Bonchev–Trinajstić information content (AvgIpc) is 2.89. The Balaban J connectivity index is 1.85. The number of carbonyl (C=O) groups is 1. The van der Waals surface area contributed by atoms with Gasteiger partial charge < -0.3 is 5.32 Å². The first kappa shape index (κ1) is 13.8. The summed E-state index contributed by atoms with van der Waals surface area (Å²) < 4.78 is 1.94. The molecule has 5 heteroatoms. The van der Waals surface area contributed by atoms with Gasteiger partial charge in [-0.05, 0) is 49.2 Å². The number of hydrogen-bond acceptors (Lipinski definition) is 3. The summed E-state index contributed by atoms with van der Waals surface area (Å²) in [5.41, 5.74) is 3.20. The van der Waals surface area contributed by atoms with Gasteiger partial charge in [0.15, 0.2) is 0 Å². The monoisotopic (exact) mass is 277 g/mol. The predicted octanol–water partition coefficient (Wildman–Crippen LogP) is 2.31. The van der Waals surface area contributed by atoms with E-state index in [-0.39, 0.29) is 11.9 Å². The quantitative estimate of drug-likeness (QED) is 0.911. The van der Waals surface area contributed by atoms with E-state index in [2.05, 4.69) is 10.4 Å². The Labute approximate surface area is 117 Å². The SMILES string of the molecule is Cc1cc(C)n(C[C@@H](C)NC(=O)Cc2ccsc2)n1. The number of carbonyl (C=O) groups excluding carboxylic acids is 1. The summed E-state index contributed by atoms with van der Waals surface area (Å²) in [6.45, 7) is 6.71. The van der Waals surface area contributed by atoms with E-state index >= 15 is 0 Å². The van der Waals surface area contributed by atoms with Crippen molar-refractivity contribution in [3.63, 3.8) is 0 Å². The molecule has 0 spiro atoms. The molecule has 0 radical (unpaired) electrons. The van der Waals surface area contributed by atoms with Gasteiger partial charge >= 0.3 is 0 Å². The molecule has 0 saturated heterocycles. The van der Waals surface area contributed by atoms with Gasteiger partial charge in [0.2, 0.25) is 5.91 Å². The van der Waals surface area contributed by atoms with Gasteiger partial charge in [0.25, 0.3) is 0 Å². The Hall–Kier alpha value is -1.62. The maximum Gasteiger partial charge on any atom is 0.224 e. The third-order valence-electron chi connectivity index (χ3n) is 2.90. The maximum absolute atomic E-state index is 11.9. The van der Waals surface area contributed by atoms with Crippen molar-refractivity contribution in [1.82, 2.24) is 15.1 Å². The lowest BCUT2D eigenvalue weighted by Gasteiger charge is -2.14. The topological polar surface area (TPSA) is 46.9 Å². The van der Waals surface area contributed by atoms with Crippen molar-refractivity contribution in [2.45, 2.75) is 39.8 Å². The molecule has 2 aromatic heterocycles. The number of aromatic nitrogens is 2. The highest BCUT2D eigenvalue weighted by Gasteiger charge is 2.10. The van der Waals surface area contributed by atoms with E-state index in [1.165, 1.54) is 0 Å². The van der Waals surface area contributed by atoms with Crippen molar-refractivity contribution >= 4 is 17.2 Å². The highest BCUT2D eigenvalue weighted by molar-refractivity contribution is 7.07. The van der Waals surface area contributed by atoms with Crippen LogP contribution in [-0.4, -0.2) is 21.7 Å². The predicted molar refractivity (Wildman–Crippen MR) is 77.3 cm³/mol. The highest BCUT2D eigenvalue weighted by Crippen LogP contribution is 2.07. The van der Waals surface area contributed by atoms with Crippen LogP contribution in [0, 0.1) is 13.8 Å². The number of nitrogens with zero attached hydrogens (tertiary/aromatic N) is 2. The summed E-state index contributed by atoms with van der Waals surface area (Å²) in [6, 6.07) is 4.10. The first-order valence-electron chi connectivity index (χ1n) is 6.36. The molecule has 19 heavy (non-hydrogen) atoms. The van der Waals surface area contributed by atoms with Gasteiger partial charge in [0.05, 0.1) is 18.7 Å². The Bertz CT molecular complexity index is 545. The van der Waals surface area contributed by atoms with Crippen molar-refractivity contribution in [1.29, 1.82) is 0 Å². The molecule has 1 amide bonds. The Morgan fingerprint density at radius 3 is 2.89 bits per heavy atom. The molecular weight excluding hydrogens is 258 g/mol. The minimum atomic E-state index is 0.0624. The lowest BCUT2D eigenvalue weighted by atomic mass is 10.2. The molecule has 4 nitrogen and oxygen atoms in total. The van der Waals surface area contributed by atoms with E-state index < -0.39 is 0 Å². The second kappa shape index (κ2) is 6.02. The smallest absolute Gasteiger partial charge is 0.224 e. The minimum Gasteiger partial charge on any atom is -0.351 e. The van der Waals surface area contributed by atoms with Crippen LogP contribution in [0.4, 0.5) is 0 Å². The van der Waals surface area contributed by atoms with Crippen molar-refractivity contribution in [2.75, 3.05) is 0 Å². The molecule has 0 aromatic carbocycles. The molecule has 2 rings (SSSR count). The third kappa shape index (κ3) is 3.92. The molecule has 2 heterocycles. The zero-order chi connectivity index (χ0) is 13.8. The van der Waals surface area contributed by atoms with Crippen LogP contribution in [0.3, 0.4) is 0 Å². The van der Waals surface area contributed by atoms with Crippen molar-refractivity contribution in [3.8, 4) is 0 Å². The molecule has 0 aliphatic rings. The van der Waals surface area contributed by atoms with Gasteiger partial charge in [0, 0.05) is 11.7 Å². The van der Waals surface area contributed by atoms with Crippen molar-refractivity contribution in [2.24, 2.45) is 0 Å². The molecule has 2 aromatic rings. The van der Waals surface area contributed by atoms with Crippen molar-refractivity contribution < 1.29 is 4.79 Å². The van der Waals surface area contributed by atoms with E-state index in [4.69, 9.17) is 0 Å². The fourth-order valence-corrected chi connectivity index (χ4v) is 2.74. The van der Waals surface area contributed by atoms with Gasteiger partial charge in [-0.25, -0.2) is 0 Å². The second-order valence-electron chi connectivity index (χ2n) is 4.89. The molecule has 102 valence electrons. The van der Waals surface area contributed by atoms with Crippen molar-refractivity contribution in [3.05, 3.63) is 39.8 Å². The molecule has 1 N–H and O–H groups in total. The fourth-order valence-electron chi connectivity index (χ4n) is 2.07.